The Labute approximate surface area is 121 Å². The average molecular weight is 286 g/mol. The monoisotopic (exact) mass is 286 g/mol. The van der Waals surface area contributed by atoms with Crippen LogP contribution in [0.25, 0.3) is 20.2 Å². The molecule has 0 amide bonds. The summed E-state index contributed by atoms with van der Waals surface area (Å²) in [6.45, 7) is 0. The highest BCUT2D eigenvalue weighted by Crippen LogP contribution is 2.39. The smallest absolute Gasteiger partial charge is 0.0910 e. The molecule has 0 aliphatic carbocycles. The maximum atomic E-state index is 4.06. The van der Waals surface area contributed by atoms with E-state index in [0.29, 0.717) is 0 Å². The van der Waals surface area contributed by atoms with Crippen LogP contribution in [0.2, 0.25) is 0 Å². The van der Waals surface area contributed by atoms with E-state index in [4.69, 9.17) is 0 Å². The maximum Gasteiger partial charge on any atom is 0.0910 e. The molecule has 3 rings (SSSR count). The second kappa shape index (κ2) is 5.15. The van der Waals surface area contributed by atoms with E-state index in [0.717, 1.165) is 0 Å². The van der Waals surface area contributed by atoms with E-state index in [2.05, 4.69) is 60.4 Å². The summed E-state index contributed by atoms with van der Waals surface area (Å²) in [5, 5.41) is 1.29. The van der Waals surface area contributed by atoms with Crippen LogP contribution in [-0.2, 0) is 0 Å². The van der Waals surface area contributed by atoms with Gasteiger partial charge in [0.05, 0.1) is 5.00 Å². The summed E-state index contributed by atoms with van der Waals surface area (Å²) >= 11 is 3.65. The molecule has 4 heteroatoms. The third kappa shape index (κ3) is 2.55. The zero-order chi connectivity index (χ0) is 13.2. The van der Waals surface area contributed by atoms with Crippen molar-refractivity contribution < 1.29 is 0 Å². The molecule has 0 bridgehead atoms. The fourth-order valence-electron chi connectivity index (χ4n) is 1.84. The third-order valence-corrected chi connectivity index (χ3v) is 5.43. The molecular formula is C15H14N2S2. The van der Waals surface area contributed by atoms with Gasteiger partial charge in [-0.2, -0.15) is 0 Å². The van der Waals surface area contributed by atoms with Gasteiger partial charge in [-0.15, -0.1) is 22.7 Å². The zero-order valence-corrected chi connectivity index (χ0v) is 12.5. The zero-order valence-electron chi connectivity index (χ0n) is 10.8. The third-order valence-electron chi connectivity index (χ3n) is 2.85. The number of hydrogen-bond acceptors (Lipinski definition) is 4. The Morgan fingerprint density at radius 3 is 2.11 bits per heavy atom. The first-order chi connectivity index (χ1) is 9.24. The Hall–Kier alpha value is -1.65. The van der Waals surface area contributed by atoms with Gasteiger partial charge >= 0.3 is 0 Å². The van der Waals surface area contributed by atoms with Crippen LogP contribution in [0.4, 0.5) is 5.00 Å². The molecule has 19 heavy (non-hydrogen) atoms. The van der Waals surface area contributed by atoms with Gasteiger partial charge in [-0.25, -0.2) is 0 Å². The van der Waals surface area contributed by atoms with Gasteiger partial charge in [0.15, 0.2) is 0 Å². The molecule has 0 fully saturated rings. The van der Waals surface area contributed by atoms with Gasteiger partial charge in [0, 0.05) is 41.1 Å². The van der Waals surface area contributed by atoms with Crippen molar-refractivity contribution in [2.24, 2.45) is 0 Å². The van der Waals surface area contributed by atoms with Crippen molar-refractivity contribution in [3.8, 4) is 20.2 Å². The Morgan fingerprint density at radius 1 is 0.789 bits per heavy atom. The van der Waals surface area contributed by atoms with Crippen LogP contribution in [0.3, 0.4) is 0 Å². The molecule has 0 unspecified atom stereocenters. The molecule has 0 aromatic carbocycles. The van der Waals surface area contributed by atoms with Crippen molar-refractivity contribution in [2.45, 2.75) is 0 Å². The molecule has 0 saturated heterocycles. The van der Waals surface area contributed by atoms with Gasteiger partial charge in [-0.05, 0) is 42.0 Å². The summed E-state index contributed by atoms with van der Waals surface area (Å²) in [5.41, 5.74) is 1.23. The van der Waals surface area contributed by atoms with Gasteiger partial charge < -0.3 is 4.90 Å². The molecule has 3 aromatic heterocycles. The normalized spacial score (nSPS) is 10.6. The number of pyridine rings is 1. The molecule has 96 valence electrons. The first kappa shape index (κ1) is 12.4. The van der Waals surface area contributed by atoms with Gasteiger partial charge in [-0.3, -0.25) is 4.98 Å². The van der Waals surface area contributed by atoms with Crippen molar-refractivity contribution in [3.63, 3.8) is 0 Å². The van der Waals surface area contributed by atoms with E-state index < -0.39 is 0 Å². The lowest BCUT2D eigenvalue weighted by molar-refractivity contribution is 1.16. The van der Waals surface area contributed by atoms with Crippen LogP contribution >= 0.6 is 22.7 Å². The van der Waals surface area contributed by atoms with Crippen molar-refractivity contribution in [3.05, 3.63) is 48.8 Å². The van der Waals surface area contributed by atoms with Gasteiger partial charge in [0.25, 0.3) is 0 Å². The highest BCUT2D eigenvalue weighted by Gasteiger charge is 2.08. The largest absolute Gasteiger partial charge is 0.370 e. The van der Waals surface area contributed by atoms with Crippen molar-refractivity contribution in [2.75, 3.05) is 19.0 Å². The molecule has 2 nitrogen and oxygen atoms in total. The van der Waals surface area contributed by atoms with Crippen LogP contribution in [0, 0.1) is 0 Å². The van der Waals surface area contributed by atoms with Crippen LogP contribution in [0.1, 0.15) is 0 Å². The molecule has 0 saturated carbocycles. The van der Waals surface area contributed by atoms with E-state index in [-0.39, 0.29) is 0 Å². The number of hydrogen-bond donors (Lipinski definition) is 0. The first-order valence-electron chi connectivity index (χ1n) is 6.02. The second-order valence-corrected chi connectivity index (χ2v) is 6.58. The van der Waals surface area contributed by atoms with Crippen LogP contribution in [-0.4, -0.2) is 19.1 Å². The summed E-state index contributed by atoms with van der Waals surface area (Å²) in [6.07, 6.45) is 3.67. The molecule has 0 aliphatic rings. The molecule has 0 spiro atoms. The fraction of sp³-hybridized carbons (Fsp3) is 0.133. The highest BCUT2D eigenvalue weighted by molar-refractivity contribution is 7.25. The van der Waals surface area contributed by atoms with Crippen molar-refractivity contribution in [1.29, 1.82) is 0 Å². The molecule has 3 heterocycles. The van der Waals surface area contributed by atoms with E-state index in [1.54, 1.807) is 0 Å². The molecule has 0 N–H and O–H groups in total. The van der Waals surface area contributed by atoms with E-state index in [1.165, 1.54) is 25.2 Å². The number of rotatable bonds is 3. The summed E-state index contributed by atoms with van der Waals surface area (Å²) < 4.78 is 0. The van der Waals surface area contributed by atoms with Gasteiger partial charge in [0.2, 0.25) is 0 Å². The van der Waals surface area contributed by atoms with E-state index in [9.17, 15) is 0 Å². The predicted octanol–water partition coefficient (Wildman–Crippen LogP) is 4.60. The standard InChI is InChI=1S/C15H14N2S2/c1-17(2)15-6-5-14(19-15)13-4-3-12(18-13)11-7-9-16-10-8-11/h3-10H,1-2H3. The first-order valence-corrected chi connectivity index (χ1v) is 7.65. The van der Waals surface area contributed by atoms with E-state index in [1.807, 2.05) is 35.1 Å². The molecule has 0 radical (unpaired) electrons. The Bertz CT molecular complexity index is 668. The highest BCUT2D eigenvalue weighted by atomic mass is 32.1. The maximum absolute atomic E-state index is 4.06. The minimum absolute atomic E-state index is 1.23. The number of thiophene rings is 2. The van der Waals surface area contributed by atoms with Crippen LogP contribution in [0.15, 0.2) is 48.8 Å². The number of aromatic nitrogens is 1. The average Bonchev–Trinajstić information content (AvgIpc) is 3.09. The minimum atomic E-state index is 1.23. The molecule has 0 atom stereocenters. The minimum Gasteiger partial charge on any atom is -0.370 e. The summed E-state index contributed by atoms with van der Waals surface area (Å²) in [4.78, 5) is 10.1. The lowest BCUT2D eigenvalue weighted by atomic mass is 10.2. The summed E-state index contributed by atoms with van der Waals surface area (Å²) in [7, 11) is 4.15. The van der Waals surface area contributed by atoms with Crippen molar-refractivity contribution >= 4 is 27.7 Å². The Morgan fingerprint density at radius 2 is 1.42 bits per heavy atom. The summed E-state index contributed by atoms with van der Waals surface area (Å²) in [6, 6.07) is 12.9. The summed E-state index contributed by atoms with van der Waals surface area (Å²) in [5.74, 6) is 0. The topological polar surface area (TPSA) is 16.1 Å². The quantitative estimate of drug-likeness (QED) is 0.699. The van der Waals surface area contributed by atoms with Gasteiger partial charge in [-0.1, -0.05) is 0 Å². The molecule has 3 aromatic rings. The van der Waals surface area contributed by atoms with Gasteiger partial charge in [0.1, 0.15) is 0 Å². The Balaban J connectivity index is 1.92. The molecule has 0 aliphatic heterocycles. The number of anilines is 1. The number of nitrogens with zero attached hydrogens (tertiary/aromatic N) is 2. The lowest BCUT2D eigenvalue weighted by Crippen LogP contribution is -2.05. The fourth-order valence-corrected chi connectivity index (χ4v) is 3.87. The lowest BCUT2D eigenvalue weighted by Gasteiger charge is -2.06. The second-order valence-electron chi connectivity index (χ2n) is 4.43. The van der Waals surface area contributed by atoms with Crippen molar-refractivity contribution in [1.82, 2.24) is 4.98 Å². The molecular weight excluding hydrogens is 272 g/mol. The predicted molar refractivity (Wildman–Crippen MR) is 85.2 cm³/mol. The van der Waals surface area contributed by atoms with Crippen LogP contribution < -0.4 is 4.90 Å². The SMILES string of the molecule is CN(C)c1ccc(-c2ccc(-c3ccncc3)s2)s1. The Kier molecular flexibility index (Phi) is 3.36. The van der Waals surface area contributed by atoms with Crippen LogP contribution in [0.5, 0.6) is 0 Å². The van der Waals surface area contributed by atoms with E-state index >= 15 is 0 Å².